The van der Waals surface area contributed by atoms with E-state index in [4.69, 9.17) is 9.05 Å². The largest absolute Gasteiger partial charge is 0.396 e. The van der Waals surface area contributed by atoms with Crippen LogP contribution in [0.3, 0.4) is 0 Å². The molecular formula is C40H82BrO3P. The minimum absolute atomic E-state index is 0.528. The van der Waals surface area contributed by atoms with E-state index in [2.05, 4.69) is 29.3 Å². The molecule has 45 heavy (non-hydrogen) atoms. The van der Waals surface area contributed by atoms with Crippen molar-refractivity contribution in [3.05, 3.63) is 0 Å². The number of rotatable bonds is 40. The molecule has 0 bridgehead atoms. The van der Waals surface area contributed by atoms with E-state index in [0.29, 0.717) is 13.2 Å². The molecule has 0 aromatic rings. The minimum Gasteiger partial charge on any atom is -0.301 e. The Bertz CT molecular complexity index is 542. The maximum absolute atomic E-state index is 12.5. The van der Waals surface area contributed by atoms with Gasteiger partial charge in [0.2, 0.25) is 0 Å². The minimum atomic E-state index is -3.07. The van der Waals surface area contributed by atoms with Gasteiger partial charge in [-0.05, 0) is 12.8 Å². The quantitative estimate of drug-likeness (QED) is 0.0467. The first-order valence-corrected chi connectivity index (χ1v) is 24.3. The Labute approximate surface area is 292 Å². The molecule has 0 aliphatic carbocycles. The van der Waals surface area contributed by atoms with Crippen molar-refractivity contribution in [3.8, 4) is 0 Å². The maximum Gasteiger partial charge on any atom is 0.396 e. The second kappa shape index (κ2) is 39.1. The van der Waals surface area contributed by atoms with Gasteiger partial charge in [-0.3, -0.25) is 0 Å². The molecule has 0 saturated heterocycles. The van der Waals surface area contributed by atoms with Crippen LogP contribution in [0.5, 0.6) is 0 Å². The topological polar surface area (TPSA) is 35.5 Å². The SMILES string of the molecule is CCCCCCCCCCCCCCCCCCCCOP(=O)(Br)OCCCCCCCCCCCCCCCCCCCC. The van der Waals surface area contributed by atoms with Crippen molar-refractivity contribution < 1.29 is 13.6 Å². The van der Waals surface area contributed by atoms with Gasteiger partial charge >= 0.3 is 6.30 Å². The summed E-state index contributed by atoms with van der Waals surface area (Å²) in [4.78, 5) is 0. The number of unbranched alkanes of at least 4 members (excludes halogenated alkanes) is 34. The smallest absolute Gasteiger partial charge is 0.301 e. The molecular weight excluding hydrogens is 639 g/mol. The molecule has 0 heterocycles. The third kappa shape index (κ3) is 40.7. The first kappa shape index (κ1) is 45.6. The van der Waals surface area contributed by atoms with Crippen molar-refractivity contribution in [2.75, 3.05) is 13.2 Å². The summed E-state index contributed by atoms with van der Waals surface area (Å²) < 4.78 is 23.5. The lowest BCUT2D eigenvalue weighted by molar-refractivity contribution is 0.213. The fraction of sp³-hybridized carbons (Fsp3) is 1.00. The molecule has 0 aromatic carbocycles. The van der Waals surface area contributed by atoms with Crippen LogP contribution in [0.4, 0.5) is 0 Å². The van der Waals surface area contributed by atoms with E-state index < -0.39 is 6.30 Å². The van der Waals surface area contributed by atoms with Crippen LogP contribution in [0.1, 0.15) is 245 Å². The average molecular weight is 722 g/mol. The fourth-order valence-corrected chi connectivity index (χ4v) is 8.03. The van der Waals surface area contributed by atoms with Gasteiger partial charge in [0.05, 0.1) is 13.2 Å². The Morgan fingerprint density at radius 1 is 0.311 bits per heavy atom. The zero-order valence-electron chi connectivity index (χ0n) is 30.9. The maximum atomic E-state index is 12.5. The fourth-order valence-electron chi connectivity index (χ4n) is 6.39. The number of hydrogen-bond acceptors (Lipinski definition) is 3. The lowest BCUT2D eigenvalue weighted by Crippen LogP contribution is -1.96. The van der Waals surface area contributed by atoms with Crippen LogP contribution in [0, 0.1) is 0 Å². The molecule has 0 spiro atoms. The molecule has 0 N–H and O–H groups in total. The van der Waals surface area contributed by atoms with Gasteiger partial charge < -0.3 is 9.05 Å². The van der Waals surface area contributed by atoms with Gasteiger partial charge in [-0.2, -0.15) is 0 Å². The highest BCUT2D eigenvalue weighted by atomic mass is 79.9. The van der Waals surface area contributed by atoms with Crippen molar-refractivity contribution in [1.82, 2.24) is 0 Å². The highest BCUT2D eigenvalue weighted by molar-refractivity contribution is 9.39. The van der Waals surface area contributed by atoms with E-state index >= 15 is 0 Å². The molecule has 0 fully saturated rings. The van der Waals surface area contributed by atoms with Crippen LogP contribution in [0.15, 0.2) is 0 Å². The molecule has 0 aliphatic rings. The summed E-state index contributed by atoms with van der Waals surface area (Å²) in [7, 11) is 0. The van der Waals surface area contributed by atoms with Gasteiger partial charge in [-0.15, -0.1) is 0 Å². The Morgan fingerprint density at radius 2 is 0.467 bits per heavy atom. The zero-order chi connectivity index (χ0) is 32.8. The summed E-state index contributed by atoms with van der Waals surface area (Å²) in [6.07, 6.45) is 46.2. The Kier molecular flexibility index (Phi) is 39.6. The molecule has 0 saturated carbocycles. The van der Waals surface area contributed by atoms with Gasteiger partial charge in [0, 0.05) is 15.5 Å². The lowest BCUT2D eigenvalue weighted by atomic mass is 10.0. The molecule has 0 aromatic heterocycles. The van der Waals surface area contributed by atoms with E-state index in [9.17, 15) is 4.57 Å². The summed E-state index contributed by atoms with van der Waals surface area (Å²) in [5.41, 5.74) is 0. The molecule has 272 valence electrons. The monoisotopic (exact) mass is 721 g/mol. The van der Waals surface area contributed by atoms with Crippen LogP contribution in [-0.4, -0.2) is 13.2 Å². The number of hydrogen-bond donors (Lipinski definition) is 0. The second-order valence-corrected chi connectivity index (χ2v) is 18.1. The third-order valence-electron chi connectivity index (χ3n) is 9.49. The lowest BCUT2D eigenvalue weighted by Gasteiger charge is -2.12. The van der Waals surface area contributed by atoms with Crippen LogP contribution in [0.25, 0.3) is 0 Å². The molecule has 0 aliphatic heterocycles. The van der Waals surface area contributed by atoms with Crippen LogP contribution >= 0.6 is 21.8 Å². The van der Waals surface area contributed by atoms with Crippen LogP contribution in [-0.2, 0) is 13.6 Å². The standard InChI is InChI=1S/C40H82BrO3P/c1-3-5-7-9-11-13-15-17-19-21-23-25-27-29-31-33-35-37-39-43-45(41,42)44-40-38-36-34-32-30-28-26-24-22-20-18-16-14-12-10-8-6-4-2/h3-40H2,1-2H3. The van der Waals surface area contributed by atoms with E-state index in [1.54, 1.807) is 0 Å². The Hall–Kier alpha value is 0.630. The van der Waals surface area contributed by atoms with Crippen molar-refractivity contribution in [2.24, 2.45) is 0 Å². The van der Waals surface area contributed by atoms with Gasteiger partial charge in [0.1, 0.15) is 0 Å². The molecule has 3 nitrogen and oxygen atoms in total. The van der Waals surface area contributed by atoms with Gasteiger partial charge in [-0.25, -0.2) is 4.57 Å². The van der Waals surface area contributed by atoms with E-state index in [0.717, 1.165) is 25.7 Å². The zero-order valence-corrected chi connectivity index (χ0v) is 33.4. The van der Waals surface area contributed by atoms with E-state index in [-0.39, 0.29) is 0 Å². The third-order valence-corrected chi connectivity index (χ3v) is 11.7. The van der Waals surface area contributed by atoms with E-state index in [1.807, 2.05) is 0 Å². The summed E-state index contributed by atoms with van der Waals surface area (Å²) in [5, 5.41) is 0. The first-order valence-electron chi connectivity index (χ1n) is 20.7. The summed E-state index contributed by atoms with van der Waals surface area (Å²) in [6, 6.07) is 0. The summed E-state index contributed by atoms with van der Waals surface area (Å²) in [5.74, 6) is 0. The van der Waals surface area contributed by atoms with Crippen molar-refractivity contribution in [2.45, 2.75) is 245 Å². The molecule has 0 amide bonds. The van der Waals surface area contributed by atoms with Crippen molar-refractivity contribution in [3.63, 3.8) is 0 Å². The average Bonchev–Trinajstić information content (AvgIpc) is 3.03. The van der Waals surface area contributed by atoms with Crippen molar-refractivity contribution >= 4 is 21.8 Å². The molecule has 0 rings (SSSR count). The van der Waals surface area contributed by atoms with Crippen LogP contribution < -0.4 is 0 Å². The summed E-state index contributed by atoms with van der Waals surface area (Å²) in [6.45, 7) is 5.64. The van der Waals surface area contributed by atoms with Crippen LogP contribution in [0.2, 0.25) is 0 Å². The Balaban J connectivity index is 3.25. The predicted molar refractivity (Wildman–Crippen MR) is 206 cm³/mol. The highest BCUT2D eigenvalue weighted by Crippen LogP contribution is 2.56. The van der Waals surface area contributed by atoms with E-state index in [1.165, 1.54) is 205 Å². The van der Waals surface area contributed by atoms with Gasteiger partial charge in [0.15, 0.2) is 0 Å². The number of halogens is 1. The first-order chi connectivity index (χ1) is 22.1. The molecule has 0 radical (unpaired) electrons. The van der Waals surface area contributed by atoms with Gasteiger partial charge in [0.25, 0.3) is 0 Å². The normalized spacial score (nSPS) is 12.0. The molecule has 0 unspecified atom stereocenters. The summed E-state index contributed by atoms with van der Waals surface area (Å²) >= 11 is 3.20. The second-order valence-electron chi connectivity index (χ2n) is 14.1. The predicted octanol–water partition coefficient (Wildman–Crippen LogP) is 16.6. The molecule has 5 heteroatoms. The van der Waals surface area contributed by atoms with Gasteiger partial charge in [-0.1, -0.05) is 232 Å². The van der Waals surface area contributed by atoms with Crippen molar-refractivity contribution in [1.29, 1.82) is 0 Å². The Morgan fingerprint density at radius 3 is 0.644 bits per heavy atom. The highest BCUT2D eigenvalue weighted by Gasteiger charge is 2.19. The molecule has 0 atom stereocenters.